The highest BCUT2D eigenvalue weighted by molar-refractivity contribution is 7.99. The van der Waals surface area contributed by atoms with Gasteiger partial charge in [-0.25, -0.2) is 8.78 Å². The lowest BCUT2D eigenvalue weighted by Gasteiger charge is -2.17. The van der Waals surface area contributed by atoms with Crippen LogP contribution in [0.4, 0.5) is 8.78 Å². The fourth-order valence-corrected chi connectivity index (χ4v) is 3.65. The van der Waals surface area contributed by atoms with Crippen LogP contribution < -0.4 is 4.74 Å². The first-order chi connectivity index (χ1) is 13.5. The fourth-order valence-electron chi connectivity index (χ4n) is 2.71. The highest BCUT2D eigenvalue weighted by Crippen LogP contribution is 2.44. The molecule has 3 nitrogen and oxygen atoms in total. The van der Waals surface area contributed by atoms with Crippen LogP contribution in [0.5, 0.6) is 11.5 Å². The molecule has 0 aliphatic heterocycles. The van der Waals surface area contributed by atoms with Gasteiger partial charge in [-0.2, -0.15) is 10.5 Å². The average molecular weight is 392 g/mol. The Morgan fingerprint density at radius 3 is 1.93 bits per heavy atom. The zero-order valence-corrected chi connectivity index (χ0v) is 15.9. The van der Waals surface area contributed by atoms with Crippen molar-refractivity contribution in [3.8, 4) is 23.6 Å². The highest BCUT2D eigenvalue weighted by Gasteiger charge is 2.28. The van der Waals surface area contributed by atoms with E-state index >= 15 is 8.78 Å². The minimum atomic E-state index is -1.05. The Hall–Kier alpha value is -3.35. The largest absolute Gasteiger partial charge is 0.452 e. The number of aryl methyl sites for hydroxylation is 2. The number of rotatable bonds is 4. The van der Waals surface area contributed by atoms with Gasteiger partial charge in [0.2, 0.25) is 0 Å². The van der Waals surface area contributed by atoms with Crippen LogP contribution >= 0.6 is 11.8 Å². The Labute approximate surface area is 165 Å². The molecule has 0 radical (unpaired) electrons. The Balaban J connectivity index is 2.26. The molecule has 0 saturated carbocycles. The zero-order chi connectivity index (χ0) is 20.3. The molecule has 0 aromatic heterocycles. The lowest BCUT2D eigenvalue weighted by atomic mass is 10.1. The van der Waals surface area contributed by atoms with Crippen molar-refractivity contribution < 1.29 is 13.5 Å². The number of benzene rings is 3. The van der Waals surface area contributed by atoms with E-state index < -0.39 is 28.5 Å². The first-order valence-corrected chi connectivity index (χ1v) is 9.11. The van der Waals surface area contributed by atoms with Crippen LogP contribution in [-0.4, -0.2) is 0 Å². The van der Waals surface area contributed by atoms with Crippen LogP contribution in [0.25, 0.3) is 0 Å². The molecule has 138 valence electrons. The SMILES string of the molecule is Cc1cccc(C)c1Oc1c(F)c(C#N)c(C#N)c(F)c1Sc1ccccc1. The van der Waals surface area contributed by atoms with Crippen LogP contribution in [0.3, 0.4) is 0 Å². The van der Waals surface area contributed by atoms with Crippen LogP contribution in [-0.2, 0) is 0 Å². The van der Waals surface area contributed by atoms with Gasteiger partial charge in [0.05, 0.1) is 4.90 Å². The lowest BCUT2D eigenvalue weighted by molar-refractivity contribution is 0.413. The van der Waals surface area contributed by atoms with Crippen LogP contribution in [0.2, 0.25) is 0 Å². The minimum Gasteiger partial charge on any atom is -0.452 e. The number of para-hydroxylation sites is 1. The van der Waals surface area contributed by atoms with Crippen molar-refractivity contribution in [3.05, 3.63) is 82.4 Å². The molecule has 0 N–H and O–H groups in total. The molecule has 0 fully saturated rings. The van der Waals surface area contributed by atoms with E-state index in [2.05, 4.69) is 0 Å². The molecule has 3 aromatic carbocycles. The molecule has 0 amide bonds. The summed E-state index contributed by atoms with van der Waals surface area (Å²) < 4.78 is 36.0. The van der Waals surface area contributed by atoms with Crippen molar-refractivity contribution in [2.75, 3.05) is 0 Å². The van der Waals surface area contributed by atoms with Gasteiger partial charge in [-0.1, -0.05) is 48.2 Å². The van der Waals surface area contributed by atoms with Gasteiger partial charge >= 0.3 is 0 Å². The smallest absolute Gasteiger partial charge is 0.186 e. The Morgan fingerprint density at radius 1 is 0.786 bits per heavy atom. The van der Waals surface area contributed by atoms with Gasteiger partial charge in [0, 0.05) is 4.90 Å². The van der Waals surface area contributed by atoms with Gasteiger partial charge in [-0.3, -0.25) is 0 Å². The van der Waals surface area contributed by atoms with Gasteiger partial charge < -0.3 is 4.74 Å². The predicted octanol–water partition coefficient (Wildman–Crippen LogP) is 6.27. The molecule has 0 saturated heterocycles. The van der Waals surface area contributed by atoms with Gasteiger partial charge in [-0.05, 0) is 37.1 Å². The molecule has 0 heterocycles. The summed E-state index contributed by atoms with van der Waals surface area (Å²) in [6, 6.07) is 17.4. The maximum atomic E-state index is 15.1. The van der Waals surface area contributed by atoms with Crippen LogP contribution in [0.1, 0.15) is 22.3 Å². The summed E-state index contributed by atoms with van der Waals surface area (Å²) in [4.78, 5) is 0.461. The normalized spacial score (nSPS) is 10.2. The second-order valence-electron chi connectivity index (χ2n) is 6.00. The second-order valence-corrected chi connectivity index (χ2v) is 7.08. The zero-order valence-electron chi connectivity index (χ0n) is 15.1. The predicted molar refractivity (Wildman–Crippen MR) is 102 cm³/mol. The number of nitriles is 2. The number of ether oxygens (including phenoxy) is 1. The first-order valence-electron chi connectivity index (χ1n) is 8.30. The van der Waals surface area contributed by atoms with Gasteiger partial charge in [0.1, 0.15) is 29.0 Å². The third-order valence-electron chi connectivity index (χ3n) is 4.09. The van der Waals surface area contributed by atoms with Crippen molar-refractivity contribution in [3.63, 3.8) is 0 Å². The molecule has 3 rings (SSSR count). The van der Waals surface area contributed by atoms with E-state index in [9.17, 15) is 10.5 Å². The van der Waals surface area contributed by atoms with Crippen molar-refractivity contribution >= 4 is 11.8 Å². The quantitative estimate of drug-likeness (QED) is 0.525. The number of halogens is 2. The molecule has 0 aliphatic rings. The van der Waals surface area contributed by atoms with E-state index in [0.29, 0.717) is 10.6 Å². The van der Waals surface area contributed by atoms with Crippen molar-refractivity contribution in [1.29, 1.82) is 10.5 Å². The van der Waals surface area contributed by atoms with E-state index in [-0.39, 0.29) is 4.90 Å². The standard InChI is InChI=1S/C22H14F2N2OS/c1-13-7-6-8-14(2)20(13)27-21-18(23)16(11-25)17(12-26)19(24)22(21)28-15-9-4-3-5-10-15/h3-10H,1-2H3. The van der Waals surface area contributed by atoms with E-state index in [1.165, 1.54) is 0 Å². The molecule has 0 atom stereocenters. The average Bonchev–Trinajstić information content (AvgIpc) is 2.69. The molecule has 0 aliphatic carbocycles. The molecular formula is C22H14F2N2OS. The minimum absolute atomic E-state index is 0.179. The topological polar surface area (TPSA) is 56.8 Å². The van der Waals surface area contributed by atoms with E-state index in [4.69, 9.17) is 4.74 Å². The van der Waals surface area contributed by atoms with Crippen molar-refractivity contribution in [2.24, 2.45) is 0 Å². The Kier molecular flexibility index (Phi) is 5.63. The second kappa shape index (κ2) is 8.12. The number of hydrogen-bond acceptors (Lipinski definition) is 4. The molecule has 28 heavy (non-hydrogen) atoms. The summed E-state index contributed by atoms with van der Waals surface area (Å²) in [6.07, 6.45) is 0. The van der Waals surface area contributed by atoms with E-state index in [1.807, 2.05) is 6.07 Å². The maximum absolute atomic E-state index is 15.1. The molecule has 6 heteroatoms. The van der Waals surface area contributed by atoms with E-state index in [1.54, 1.807) is 68.5 Å². The van der Waals surface area contributed by atoms with Gasteiger partial charge in [0.25, 0.3) is 0 Å². The summed E-state index contributed by atoms with van der Waals surface area (Å²) in [7, 11) is 0. The summed E-state index contributed by atoms with van der Waals surface area (Å²) in [6.45, 7) is 3.57. The highest BCUT2D eigenvalue weighted by atomic mass is 32.2. The van der Waals surface area contributed by atoms with Gasteiger partial charge in [0.15, 0.2) is 17.4 Å². The Morgan fingerprint density at radius 2 is 1.36 bits per heavy atom. The molecular weight excluding hydrogens is 378 g/mol. The molecule has 0 spiro atoms. The molecule has 0 unspecified atom stereocenters. The summed E-state index contributed by atoms with van der Waals surface area (Å²) in [5.74, 6) is -2.05. The summed E-state index contributed by atoms with van der Waals surface area (Å²) >= 11 is 0.934. The third kappa shape index (κ3) is 3.55. The fraction of sp³-hybridized carbons (Fsp3) is 0.0909. The van der Waals surface area contributed by atoms with Crippen LogP contribution in [0, 0.1) is 48.1 Å². The summed E-state index contributed by atoms with van der Waals surface area (Å²) in [5, 5.41) is 18.5. The molecule has 0 bridgehead atoms. The lowest BCUT2D eigenvalue weighted by Crippen LogP contribution is -2.03. The van der Waals surface area contributed by atoms with Gasteiger partial charge in [-0.15, -0.1) is 0 Å². The Bertz CT molecular complexity index is 1110. The summed E-state index contributed by atoms with van der Waals surface area (Å²) in [5.41, 5.74) is 0.169. The van der Waals surface area contributed by atoms with Crippen LogP contribution in [0.15, 0.2) is 58.3 Å². The third-order valence-corrected chi connectivity index (χ3v) is 5.17. The monoisotopic (exact) mass is 392 g/mol. The van der Waals surface area contributed by atoms with Crippen molar-refractivity contribution in [1.82, 2.24) is 0 Å². The van der Waals surface area contributed by atoms with E-state index in [0.717, 1.165) is 22.9 Å². The maximum Gasteiger partial charge on any atom is 0.186 e. The molecule has 3 aromatic rings. The number of hydrogen-bond donors (Lipinski definition) is 0. The van der Waals surface area contributed by atoms with Crippen molar-refractivity contribution in [2.45, 2.75) is 23.6 Å². The first kappa shape index (κ1) is 19.4. The number of nitrogens with zero attached hydrogens (tertiary/aromatic N) is 2.